The zero-order chi connectivity index (χ0) is 12.8. The number of nitrogen functional groups attached to an aromatic ring is 1. The molecule has 0 atom stereocenters. The normalized spacial score (nSPS) is 10.5. The van der Waals surface area contributed by atoms with Gasteiger partial charge in [0.2, 0.25) is 0 Å². The van der Waals surface area contributed by atoms with E-state index in [1.165, 1.54) is 14.2 Å². The summed E-state index contributed by atoms with van der Waals surface area (Å²) in [5.41, 5.74) is 6.90. The van der Waals surface area contributed by atoms with Crippen LogP contribution in [-0.4, -0.2) is 20.2 Å². The molecule has 0 saturated heterocycles. The van der Waals surface area contributed by atoms with Gasteiger partial charge in [0.05, 0.1) is 31.4 Å². The fourth-order valence-corrected chi connectivity index (χ4v) is 1.49. The summed E-state index contributed by atoms with van der Waals surface area (Å²) in [5.74, 6) is 0.243. The molecule has 17 heavy (non-hydrogen) atoms. The first-order chi connectivity index (χ1) is 8.08. The van der Waals surface area contributed by atoms with E-state index in [9.17, 15) is 4.79 Å². The molecule has 0 heterocycles. The predicted molar refractivity (Wildman–Crippen MR) is 68.1 cm³/mol. The zero-order valence-electron chi connectivity index (χ0n) is 9.70. The summed E-state index contributed by atoms with van der Waals surface area (Å²) in [6.07, 6.45) is 3.59. The lowest BCUT2D eigenvalue weighted by Gasteiger charge is -2.07. The van der Waals surface area contributed by atoms with Crippen molar-refractivity contribution in [2.24, 2.45) is 0 Å². The molecule has 0 saturated carbocycles. The second kappa shape index (κ2) is 6.15. The van der Waals surface area contributed by atoms with Gasteiger partial charge in [-0.2, -0.15) is 0 Å². The number of carbonyl (C=O) groups is 1. The van der Waals surface area contributed by atoms with Crippen molar-refractivity contribution in [3.8, 4) is 5.75 Å². The Hall–Kier alpha value is -1.68. The highest BCUT2D eigenvalue weighted by molar-refractivity contribution is 6.32. The molecule has 0 aromatic heterocycles. The number of nitrogens with two attached hydrogens (primary N) is 1. The average Bonchev–Trinajstić information content (AvgIpc) is 2.31. The Morgan fingerprint density at radius 2 is 2.18 bits per heavy atom. The first-order valence-electron chi connectivity index (χ1n) is 4.95. The quantitative estimate of drug-likeness (QED) is 0.663. The van der Waals surface area contributed by atoms with Crippen LogP contribution in [-0.2, 0) is 9.53 Å². The van der Waals surface area contributed by atoms with Gasteiger partial charge in [-0.3, -0.25) is 4.79 Å². The molecule has 0 radical (unpaired) electrons. The summed E-state index contributed by atoms with van der Waals surface area (Å²) < 4.78 is 9.59. The molecule has 0 aliphatic heterocycles. The van der Waals surface area contributed by atoms with Gasteiger partial charge in [-0.15, -0.1) is 0 Å². The third-order valence-electron chi connectivity index (χ3n) is 2.16. The van der Waals surface area contributed by atoms with E-state index in [0.717, 1.165) is 5.56 Å². The lowest BCUT2D eigenvalue weighted by atomic mass is 10.1. The van der Waals surface area contributed by atoms with Crippen molar-refractivity contribution in [3.05, 3.63) is 28.8 Å². The van der Waals surface area contributed by atoms with Gasteiger partial charge in [-0.05, 0) is 17.7 Å². The maximum Gasteiger partial charge on any atom is 0.309 e. The lowest BCUT2D eigenvalue weighted by Crippen LogP contribution is -1.97. The van der Waals surface area contributed by atoms with E-state index in [4.69, 9.17) is 22.1 Å². The van der Waals surface area contributed by atoms with Gasteiger partial charge < -0.3 is 15.2 Å². The van der Waals surface area contributed by atoms with Crippen LogP contribution in [0.25, 0.3) is 6.08 Å². The predicted octanol–water partition coefficient (Wildman–Crippen LogP) is 2.51. The Balaban J connectivity index is 2.87. The van der Waals surface area contributed by atoms with Crippen LogP contribution in [0.1, 0.15) is 12.0 Å². The summed E-state index contributed by atoms with van der Waals surface area (Å²) in [4.78, 5) is 10.9. The van der Waals surface area contributed by atoms with E-state index in [1.54, 1.807) is 24.3 Å². The highest BCUT2D eigenvalue weighted by Crippen LogP contribution is 2.29. The summed E-state index contributed by atoms with van der Waals surface area (Å²) in [6, 6.07) is 3.32. The SMILES string of the molecule is COC(=O)CC=Cc1cc(OC)c(N)cc1Cl. The molecule has 0 aliphatic carbocycles. The van der Waals surface area contributed by atoms with Crippen LogP contribution in [0, 0.1) is 0 Å². The standard InChI is InChI=1S/C12H14ClNO3/c1-16-11-6-8(9(13)7-10(11)14)4-3-5-12(15)17-2/h3-4,6-7H,5,14H2,1-2H3. The van der Waals surface area contributed by atoms with Crippen LogP contribution in [0.3, 0.4) is 0 Å². The first-order valence-corrected chi connectivity index (χ1v) is 5.32. The number of hydrogen-bond donors (Lipinski definition) is 1. The monoisotopic (exact) mass is 255 g/mol. The minimum atomic E-state index is -0.306. The van der Waals surface area contributed by atoms with Crippen LogP contribution in [0.4, 0.5) is 5.69 Å². The molecule has 1 aromatic carbocycles. The number of methoxy groups -OCH3 is 2. The average molecular weight is 256 g/mol. The molecule has 5 heteroatoms. The number of ether oxygens (including phenoxy) is 2. The Morgan fingerprint density at radius 3 is 2.76 bits per heavy atom. The molecule has 1 rings (SSSR count). The van der Waals surface area contributed by atoms with E-state index in [-0.39, 0.29) is 12.4 Å². The van der Waals surface area contributed by atoms with Gasteiger partial charge in [0.25, 0.3) is 0 Å². The second-order valence-corrected chi connectivity index (χ2v) is 3.71. The summed E-state index contributed by atoms with van der Waals surface area (Å²) in [6.45, 7) is 0. The van der Waals surface area contributed by atoms with Crippen LogP contribution in [0.5, 0.6) is 5.75 Å². The molecule has 0 bridgehead atoms. The van der Waals surface area contributed by atoms with Crippen LogP contribution in [0.2, 0.25) is 5.02 Å². The summed E-state index contributed by atoms with van der Waals surface area (Å²) >= 11 is 6.00. The summed E-state index contributed by atoms with van der Waals surface area (Å²) in [7, 11) is 2.87. The van der Waals surface area contributed by atoms with Crippen LogP contribution in [0.15, 0.2) is 18.2 Å². The fraction of sp³-hybridized carbons (Fsp3) is 0.250. The zero-order valence-corrected chi connectivity index (χ0v) is 10.5. The smallest absolute Gasteiger partial charge is 0.309 e. The van der Waals surface area contributed by atoms with Crippen molar-refractivity contribution in [1.29, 1.82) is 0 Å². The molecular weight excluding hydrogens is 242 g/mol. The molecule has 0 spiro atoms. The van der Waals surface area contributed by atoms with Crippen LogP contribution >= 0.6 is 11.6 Å². The number of esters is 1. The molecular formula is C12H14ClNO3. The van der Waals surface area contributed by atoms with Gasteiger partial charge in [0.15, 0.2) is 0 Å². The van der Waals surface area contributed by atoms with Gasteiger partial charge >= 0.3 is 5.97 Å². The molecule has 0 unspecified atom stereocenters. The van der Waals surface area contributed by atoms with Crippen LogP contribution < -0.4 is 10.5 Å². The Labute approximate surface area is 105 Å². The van der Waals surface area contributed by atoms with Crippen molar-refractivity contribution in [2.45, 2.75) is 6.42 Å². The van der Waals surface area contributed by atoms with Crippen molar-refractivity contribution >= 4 is 29.3 Å². The Morgan fingerprint density at radius 1 is 1.47 bits per heavy atom. The third-order valence-corrected chi connectivity index (χ3v) is 2.49. The number of carbonyl (C=O) groups excluding carboxylic acids is 1. The number of rotatable bonds is 4. The molecule has 0 aliphatic rings. The van der Waals surface area contributed by atoms with E-state index >= 15 is 0 Å². The topological polar surface area (TPSA) is 61.5 Å². The van der Waals surface area contributed by atoms with Gasteiger partial charge in [0, 0.05) is 0 Å². The molecule has 1 aromatic rings. The van der Waals surface area contributed by atoms with Gasteiger partial charge in [0.1, 0.15) is 5.75 Å². The number of anilines is 1. The van der Waals surface area contributed by atoms with Crippen molar-refractivity contribution < 1.29 is 14.3 Å². The van der Waals surface area contributed by atoms with E-state index in [0.29, 0.717) is 16.5 Å². The fourth-order valence-electron chi connectivity index (χ4n) is 1.25. The van der Waals surface area contributed by atoms with Crippen molar-refractivity contribution in [3.63, 3.8) is 0 Å². The van der Waals surface area contributed by atoms with Gasteiger partial charge in [-0.25, -0.2) is 0 Å². The maximum atomic E-state index is 10.9. The highest BCUT2D eigenvalue weighted by Gasteiger charge is 2.04. The van der Waals surface area contributed by atoms with Crippen molar-refractivity contribution in [2.75, 3.05) is 20.0 Å². The molecule has 2 N–H and O–H groups in total. The number of benzene rings is 1. The lowest BCUT2D eigenvalue weighted by molar-refractivity contribution is -0.139. The van der Waals surface area contributed by atoms with E-state index in [1.807, 2.05) is 0 Å². The minimum Gasteiger partial charge on any atom is -0.495 e. The first kappa shape index (κ1) is 13.4. The minimum absolute atomic E-state index is 0.194. The molecule has 92 valence electrons. The maximum absolute atomic E-state index is 10.9. The van der Waals surface area contributed by atoms with Crippen molar-refractivity contribution in [1.82, 2.24) is 0 Å². The second-order valence-electron chi connectivity index (χ2n) is 3.30. The van der Waals surface area contributed by atoms with Gasteiger partial charge in [-0.1, -0.05) is 23.8 Å². The van der Waals surface area contributed by atoms with E-state index in [2.05, 4.69) is 4.74 Å². The number of hydrogen-bond acceptors (Lipinski definition) is 4. The Kier molecular flexibility index (Phi) is 4.84. The third kappa shape index (κ3) is 3.67. The number of halogens is 1. The molecule has 0 fully saturated rings. The Bertz CT molecular complexity index is 444. The highest BCUT2D eigenvalue weighted by atomic mass is 35.5. The molecule has 0 amide bonds. The molecule has 4 nitrogen and oxygen atoms in total. The van der Waals surface area contributed by atoms with E-state index < -0.39 is 0 Å². The summed E-state index contributed by atoms with van der Waals surface area (Å²) in [5, 5.41) is 0.504. The largest absolute Gasteiger partial charge is 0.495 e.